The van der Waals surface area contributed by atoms with Crippen molar-refractivity contribution in [3.8, 4) is 0 Å². The predicted molar refractivity (Wildman–Crippen MR) is 73.3 cm³/mol. The fourth-order valence-electron chi connectivity index (χ4n) is 2.51. The van der Waals surface area contributed by atoms with E-state index in [1.807, 2.05) is 0 Å². The normalized spacial score (nSPS) is 21.2. The van der Waals surface area contributed by atoms with Crippen molar-refractivity contribution in [2.45, 2.75) is 45.6 Å². The molecular formula is C13H27NOS. The van der Waals surface area contributed by atoms with Crippen molar-refractivity contribution in [2.24, 2.45) is 5.92 Å². The summed E-state index contributed by atoms with van der Waals surface area (Å²) in [4.78, 5) is 2.59. The summed E-state index contributed by atoms with van der Waals surface area (Å²) in [6, 6.07) is 0. The summed E-state index contributed by atoms with van der Waals surface area (Å²) in [6.07, 6.45) is 5.52. The summed E-state index contributed by atoms with van der Waals surface area (Å²) >= 11 is 4.45. The summed E-state index contributed by atoms with van der Waals surface area (Å²) < 4.78 is 5.67. The lowest BCUT2D eigenvalue weighted by Gasteiger charge is -2.33. The molecule has 16 heavy (non-hydrogen) atoms. The topological polar surface area (TPSA) is 12.5 Å². The van der Waals surface area contributed by atoms with Crippen molar-refractivity contribution in [3.63, 3.8) is 0 Å². The van der Waals surface area contributed by atoms with E-state index in [1.165, 1.54) is 45.3 Å². The number of ether oxygens (including phenoxy) is 1. The molecule has 0 N–H and O–H groups in total. The quantitative estimate of drug-likeness (QED) is 0.693. The van der Waals surface area contributed by atoms with Crippen molar-refractivity contribution in [1.29, 1.82) is 0 Å². The molecule has 0 aliphatic carbocycles. The maximum Gasteiger partial charge on any atom is 0.0599 e. The maximum atomic E-state index is 5.67. The molecule has 1 atom stereocenters. The maximum absolute atomic E-state index is 5.67. The number of nitrogens with zero attached hydrogens (tertiary/aromatic N) is 1. The van der Waals surface area contributed by atoms with Crippen LogP contribution in [0.5, 0.6) is 0 Å². The molecule has 0 aromatic rings. The Morgan fingerprint density at radius 2 is 2.00 bits per heavy atom. The van der Waals surface area contributed by atoms with Gasteiger partial charge in [-0.3, -0.25) is 0 Å². The molecule has 1 rings (SSSR count). The summed E-state index contributed by atoms with van der Waals surface area (Å²) in [5.74, 6) is 1.80. The first-order valence-electron chi connectivity index (χ1n) is 6.74. The molecule has 0 amide bonds. The molecule has 3 heteroatoms. The standard InChI is InChI=1S/C13H27NOS/c1-3-5-12(11-16)10-14-8-6-13(7-9-14)15-4-2/h12-13,16H,3-11H2,1-2H3. The first-order chi connectivity index (χ1) is 7.80. The van der Waals surface area contributed by atoms with E-state index in [9.17, 15) is 0 Å². The number of piperidine rings is 1. The molecule has 1 heterocycles. The Kier molecular flexibility index (Phi) is 7.50. The molecule has 0 spiro atoms. The lowest BCUT2D eigenvalue weighted by atomic mass is 10.0. The van der Waals surface area contributed by atoms with Crippen LogP contribution < -0.4 is 0 Å². The summed E-state index contributed by atoms with van der Waals surface area (Å²) in [7, 11) is 0. The first kappa shape index (κ1) is 14.3. The van der Waals surface area contributed by atoms with Gasteiger partial charge in [0.2, 0.25) is 0 Å². The molecule has 0 aromatic heterocycles. The Balaban J connectivity index is 2.20. The number of hydrogen-bond acceptors (Lipinski definition) is 3. The second-order valence-electron chi connectivity index (χ2n) is 4.79. The van der Waals surface area contributed by atoms with E-state index in [2.05, 4.69) is 31.4 Å². The van der Waals surface area contributed by atoms with Crippen LogP contribution in [-0.2, 0) is 4.74 Å². The summed E-state index contributed by atoms with van der Waals surface area (Å²) in [6.45, 7) is 8.86. The number of hydrogen-bond donors (Lipinski definition) is 1. The molecule has 2 nitrogen and oxygen atoms in total. The fraction of sp³-hybridized carbons (Fsp3) is 1.00. The van der Waals surface area contributed by atoms with Crippen LogP contribution in [0.15, 0.2) is 0 Å². The van der Waals surface area contributed by atoms with E-state index < -0.39 is 0 Å². The smallest absolute Gasteiger partial charge is 0.0599 e. The molecule has 0 aromatic carbocycles. The molecule has 0 bridgehead atoms. The van der Waals surface area contributed by atoms with Gasteiger partial charge in [0.15, 0.2) is 0 Å². The van der Waals surface area contributed by atoms with Gasteiger partial charge in [-0.05, 0) is 37.9 Å². The van der Waals surface area contributed by atoms with E-state index in [0.717, 1.165) is 18.3 Å². The average Bonchev–Trinajstić information content (AvgIpc) is 2.31. The van der Waals surface area contributed by atoms with E-state index in [4.69, 9.17) is 4.74 Å². The molecule has 1 unspecified atom stereocenters. The lowest BCUT2D eigenvalue weighted by Crippen LogP contribution is -2.40. The van der Waals surface area contributed by atoms with Crippen molar-refractivity contribution in [1.82, 2.24) is 4.90 Å². The number of likely N-dealkylation sites (tertiary alicyclic amines) is 1. The Morgan fingerprint density at radius 3 is 2.50 bits per heavy atom. The second-order valence-corrected chi connectivity index (χ2v) is 5.16. The van der Waals surface area contributed by atoms with Gasteiger partial charge in [0.25, 0.3) is 0 Å². The van der Waals surface area contributed by atoms with Crippen molar-refractivity contribution < 1.29 is 4.74 Å². The van der Waals surface area contributed by atoms with Crippen LogP contribution in [0.2, 0.25) is 0 Å². The van der Waals surface area contributed by atoms with Crippen molar-refractivity contribution >= 4 is 12.6 Å². The van der Waals surface area contributed by atoms with Crippen LogP contribution in [0.4, 0.5) is 0 Å². The van der Waals surface area contributed by atoms with E-state index in [-0.39, 0.29) is 0 Å². The molecule has 1 fully saturated rings. The zero-order valence-corrected chi connectivity index (χ0v) is 11.7. The summed E-state index contributed by atoms with van der Waals surface area (Å²) in [5, 5.41) is 0. The van der Waals surface area contributed by atoms with Crippen LogP contribution in [0, 0.1) is 5.92 Å². The molecule has 1 aliphatic rings. The molecule has 0 radical (unpaired) electrons. The highest BCUT2D eigenvalue weighted by Gasteiger charge is 2.20. The second kappa shape index (κ2) is 8.37. The largest absolute Gasteiger partial charge is 0.378 e. The van der Waals surface area contributed by atoms with Gasteiger partial charge in [0.05, 0.1) is 6.10 Å². The van der Waals surface area contributed by atoms with Gasteiger partial charge in [-0.15, -0.1) is 0 Å². The van der Waals surface area contributed by atoms with Gasteiger partial charge < -0.3 is 9.64 Å². The lowest BCUT2D eigenvalue weighted by molar-refractivity contribution is 0.0115. The molecular weight excluding hydrogens is 218 g/mol. The van der Waals surface area contributed by atoms with Gasteiger partial charge in [-0.1, -0.05) is 13.3 Å². The third kappa shape index (κ3) is 5.07. The highest BCUT2D eigenvalue weighted by Crippen LogP contribution is 2.17. The van der Waals surface area contributed by atoms with Gasteiger partial charge in [0, 0.05) is 26.2 Å². The minimum atomic E-state index is 0.516. The molecule has 96 valence electrons. The average molecular weight is 245 g/mol. The number of rotatable bonds is 7. The Hall–Kier alpha value is 0.270. The Labute approximate surface area is 106 Å². The zero-order valence-electron chi connectivity index (χ0n) is 10.8. The van der Waals surface area contributed by atoms with Crippen LogP contribution in [-0.4, -0.2) is 43.0 Å². The SMILES string of the molecule is CCCC(CS)CN1CCC(OCC)CC1. The van der Waals surface area contributed by atoms with Gasteiger partial charge in [0.1, 0.15) is 0 Å². The van der Waals surface area contributed by atoms with Gasteiger partial charge >= 0.3 is 0 Å². The molecule has 0 saturated carbocycles. The zero-order chi connectivity index (χ0) is 11.8. The molecule has 1 saturated heterocycles. The summed E-state index contributed by atoms with van der Waals surface area (Å²) in [5.41, 5.74) is 0. The van der Waals surface area contributed by atoms with Crippen LogP contribution >= 0.6 is 12.6 Å². The fourth-order valence-corrected chi connectivity index (χ4v) is 2.81. The van der Waals surface area contributed by atoms with E-state index >= 15 is 0 Å². The Morgan fingerprint density at radius 1 is 1.31 bits per heavy atom. The third-order valence-corrected chi connectivity index (χ3v) is 3.92. The van der Waals surface area contributed by atoms with Crippen LogP contribution in [0.1, 0.15) is 39.5 Å². The van der Waals surface area contributed by atoms with E-state index in [0.29, 0.717) is 6.10 Å². The number of thiol groups is 1. The predicted octanol–water partition coefficient (Wildman–Crippen LogP) is 2.83. The van der Waals surface area contributed by atoms with Crippen molar-refractivity contribution in [3.05, 3.63) is 0 Å². The highest BCUT2D eigenvalue weighted by molar-refractivity contribution is 7.80. The van der Waals surface area contributed by atoms with Crippen LogP contribution in [0.3, 0.4) is 0 Å². The first-order valence-corrected chi connectivity index (χ1v) is 7.38. The van der Waals surface area contributed by atoms with Gasteiger partial charge in [-0.2, -0.15) is 12.6 Å². The Bertz CT molecular complexity index is 169. The third-order valence-electron chi connectivity index (χ3n) is 3.41. The van der Waals surface area contributed by atoms with Crippen LogP contribution in [0.25, 0.3) is 0 Å². The van der Waals surface area contributed by atoms with Crippen molar-refractivity contribution in [2.75, 3.05) is 32.0 Å². The van der Waals surface area contributed by atoms with Gasteiger partial charge in [-0.25, -0.2) is 0 Å². The minimum absolute atomic E-state index is 0.516. The molecule has 1 aliphatic heterocycles. The monoisotopic (exact) mass is 245 g/mol. The highest BCUT2D eigenvalue weighted by atomic mass is 32.1. The minimum Gasteiger partial charge on any atom is -0.378 e. The van der Waals surface area contributed by atoms with E-state index in [1.54, 1.807) is 0 Å².